The molecule has 21 heavy (non-hydrogen) atoms. The van der Waals surface area contributed by atoms with E-state index in [0.29, 0.717) is 17.3 Å². The molecule has 6 heteroatoms. The van der Waals surface area contributed by atoms with E-state index in [9.17, 15) is 5.26 Å². The minimum absolute atomic E-state index is 0.155. The maximum absolute atomic E-state index is 9.20. The Morgan fingerprint density at radius 3 is 2.52 bits per heavy atom. The molecule has 0 bridgehead atoms. The Morgan fingerprint density at radius 2 is 1.95 bits per heavy atom. The molecule has 1 heterocycles. The van der Waals surface area contributed by atoms with Gasteiger partial charge in [-0.25, -0.2) is 4.98 Å². The van der Waals surface area contributed by atoms with E-state index in [-0.39, 0.29) is 5.95 Å². The van der Waals surface area contributed by atoms with Gasteiger partial charge in [-0.05, 0) is 30.0 Å². The van der Waals surface area contributed by atoms with Crippen LogP contribution in [-0.2, 0) is 0 Å². The highest BCUT2D eigenvalue weighted by atomic mass is 32.2. The van der Waals surface area contributed by atoms with Gasteiger partial charge in [0.05, 0.1) is 16.5 Å². The summed E-state index contributed by atoms with van der Waals surface area (Å²) in [4.78, 5) is 9.66. The van der Waals surface area contributed by atoms with Gasteiger partial charge in [0, 0.05) is 11.1 Å². The largest absolute Gasteiger partial charge is 0.383 e. The van der Waals surface area contributed by atoms with E-state index in [1.807, 2.05) is 13.0 Å². The van der Waals surface area contributed by atoms with Crippen molar-refractivity contribution in [3.05, 3.63) is 35.0 Å². The predicted octanol–water partition coefficient (Wildman–Crippen LogP) is 3.10. The molecule has 0 unspecified atom stereocenters. The third kappa shape index (κ3) is 3.26. The zero-order valence-electron chi connectivity index (χ0n) is 12.2. The Morgan fingerprint density at radius 1 is 1.24 bits per heavy atom. The number of aromatic nitrogens is 2. The number of aryl methyl sites for hydroxylation is 1. The van der Waals surface area contributed by atoms with Gasteiger partial charge in [-0.3, -0.25) is 0 Å². The van der Waals surface area contributed by atoms with Crippen LogP contribution >= 0.6 is 11.8 Å². The Kier molecular flexibility index (Phi) is 4.34. The van der Waals surface area contributed by atoms with E-state index in [0.717, 1.165) is 15.4 Å². The van der Waals surface area contributed by atoms with Crippen LogP contribution in [0.4, 0.5) is 11.8 Å². The molecule has 0 fully saturated rings. The molecule has 108 valence electrons. The van der Waals surface area contributed by atoms with Crippen molar-refractivity contribution in [1.29, 1.82) is 5.26 Å². The average molecular weight is 299 g/mol. The Hall–Kier alpha value is -2.26. The molecule has 0 radical (unpaired) electrons. The first-order valence-electron chi connectivity index (χ1n) is 6.52. The van der Waals surface area contributed by atoms with Gasteiger partial charge < -0.3 is 11.5 Å². The fourth-order valence-electron chi connectivity index (χ4n) is 1.97. The molecule has 2 aromatic rings. The van der Waals surface area contributed by atoms with Crippen molar-refractivity contribution >= 4 is 23.5 Å². The molecular weight excluding hydrogens is 282 g/mol. The van der Waals surface area contributed by atoms with Gasteiger partial charge in [-0.15, -0.1) is 0 Å². The molecule has 2 rings (SSSR count). The Balaban J connectivity index is 2.49. The molecular formula is C15H17N5S. The fraction of sp³-hybridized carbons (Fsp3) is 0.267. The Labute approximate surface area is 128 Å². The van der Waals surface area contributed by atoms with E-state index in [1.54, 1.807) is 6.20 Å². The van der Waals surface area contributed by atoms with Crippen molar-refractivity contribution in [2.75, 3.05) is 11.5 Å². The van der Waals surface area contributed by atoms with E-state index < -0.39 is 0 Å². The summed E-state index contributed by atoms with van der Waals surface area (Å²) in [5.74, 6) is 0.846. The number of nitriles is 1. The van der Waals surface area contributed by atoms with Gasteiger partial charge in [0.2, 0.25) is 5.95 Å². The zero-order chi connectivity index (χ0) is 15.6. The highest BCUT2D eigenvalue weighted by Crippen LogP contribution is 2.37. The maximum atomic E-state index is 9.20. The van der Waals surface area contributed by atoms with Crippen molar-refractivity contribution in [3.63, 3.8) is 0 Å². The summed E-state index contributed by atoms with van der Waals surface area (Å²) in [6, 6.07) is 6.16. The number of hydrogen-bond donors (Lipinski definition) is 2. The topological polar surface area (TPSA) is 102 Å². The first-order valence-corrected chi connectivity index (χ1v) is 7.34. The Bertz CT molecular complexity index is 719. The van der Waals surface area contributed by atoms with Gasteiger partial charge in [0.25, 0.3) is 0 Å². The summed E-state index contributed by atoms with van der Waals surface area (Å²) in [6.07, 6.45) is 1.61. The summed E-state index contributed by atoms with van der Waals surface area (Å²) in [6.45, 7) is 6.18. The van der Waals surface area contributed by atoms with Crippen molar-refractivity contribution in [2.24, 2.45) is 0 Å². The van der Waals surface area contributed by atoms with Crippen LogP contribution < -0.4 is 11.5 Å². The van der Waals surface area contributed by atoms with Crippen LogP contribution in [0.1, 0.15) is 36.5 Å². The molecule has 0 saturated carbocycles. The first-order chi connectivity index (χ1) is 9.92. The number of hydrogen-bond acceptors (Lipinski definition) is 6. The van der Waals surface area contributed by atoms with E-state index >= 15 is 0 Å². The summed E-state index contributed by atoms with van der Waals surface area (Å²) < 4.78 is 0. The van der Waals surface area contributed by atoms with Crippen LogP contribution in [-0.4, -0.2) is 9.97 Å². The molecule has 5 nitrogen and oxygen atoms in total. The first kappa shape index (κ1) is 15.1. The molecule has 0 aliphatic carbocycles. The van der Waals surface area contributed by atoms with E-state index in [1.165, 1.54) is 17.3 Å². The molecule has 0 aliphatic heterocycles. The van der Waals surface area contributed by atoms with Gasteiger partial charge in [-0.2, -0.15) is 10.2 Å². The number of benzene rings is 1. The third-order valence-corrected chi connectivity index (χ3v) is 4.23. The second-order valence-corrected chi connectivity index (χ2v) is 6.13. The molecule has 1 aromatic heterocycles. The van der Waals surface area contributed by atoms with Gasteiger partial charge in [-0.1, -0.05) is 31.7 Å². The van der Waals surface area contributed by atoms with Crippen molar-refractivity contribution in [1.82, 2.24) is 9.97 Å². The maximum Gasteiger partial charge on any atom is 0.221 e. The standard InChI is InChI=1S/C15H17N5S/c1-8(2)11-4-9(3)10(6-16)5-12(11)21-13-7-19-15(18)20-14(13)17/h4-5,7-8H,1-3H3,(H4,17,18,19,20). The molecule has 0 saturated heterocycles. The van der Waals surface area contributed by atoms with Crippen LogP contribution in [0.5, 0.6) is 0 Å². The van der Waals surface area contributed by atoms with Gasteiger partial charge in [0.15, 0.2) is 0 Å². The lowest BCUT2D eigenvalue weighted by Gasteiger charge is -2.15. The highest BCUT2D eigenvalue weighted by Gasteiger charge is 2.14. The molecule has 1 aromatic carbocycles. The molecule has 4 N–H and O–H groups in total. The minimum atomic E-state index is 0.155. The number of rotatable bonds is 3. The monoisotopic (exact) mass is 299 g/mol. The number of nitrogen functional groups attached to an aromatic ring is 2. The molecule has 0 atom stereocenters. The molecule has 0 amide bonds. The number of nitrogens with two attached hydrogens (primary N) is 2. The lowest BCUT2D eigenvalue weighted by atomic mass is 9.98. The second-order valence-electron chi connectivity index (χ2n) is 5.05. The zero-order valence-corrected chi connectivity index (χ0v) is 13.0. The second kappa shape index (κ2) is 6.02. The van der Waals surface area contributed by atoms with Crippen LogP contribution in [0.15, 0.2) is 28.1 Å². The molecule has 0 aliphatic rings. The van der Waals surface area contributed by atoms with E-state index in [2.05, 4.69) is 36.0 Å². The number of anilines is 2. The normalized spacial score (nSPS) is 10.6. The quantitative estimate of drug-likeness (QED) is 0.903. The molecule has 0 spiro atoms. The smallest absolute Gasteiger partial charge is 0.221 e. The van der Waals surface area contributed by atoms with E-state index in [4.69, 9.17) is 11.5 Å². The van der Waals surface area contributed by atoms with Crippen molar-refractivity contribution < 1.29 is 0 Å². The summed E-state index contributed by atoms with van der Waals surface area (Å²) in [7, 11) is 0. The van der Waals surface area contributed by atoms with Crippen molar-refractivity contribution in [3.8, 4) is 6.07 Å². The highest BCUT2D eigenvalue weighted by molar-refractivity contribution is 7.99. The predicted molar refractivity (Wildman–Crippen MR) is 85.0 cm³/mol. The summed E-state index contributed by atoms with van der Waals surface area (Å²) in [5.41, 5.74) is 14.2. The lowest BCUT2D eigenvalue weighted by molar-refractivity contribution is 0.839. The average Bonchev–Trinajstić information content (AvgIpc) is 2.42. The lowest BCUT2D eigenvalue weighted by Crippen LogP contribution is -2.01. The minimum Gasteiger partial charge on any atom is -0.383 e. The SMILES string of the molecule is Cc1cc(C(C)C)c(Sc2cnc(N)nc2N)cc1C#N. The summed E-state index contributed by atoms with van der Waals surface area (Å²) >= 11 is 1.46. The van der Waals surface area contributed by atoms with Crippen LogP contribution in [0, 0.1) is 18.3 Å². The third-order valence-electron chi connectivity index (χ3n) is 3.12. The van der Waals surface area contributed by atoms with Crippen LogP contribution in [0.3, 0.4) is 0 Å². The fourth-order valence-corrected chi connectivity index (χ4v) is 3.05. The number of nitrogens with zero attached hydrogens (tertiary/aromatic N) is 3. The van der Waals surface area contributed by atoms with Crippen LogP contribution in [0.2, 0.25) is 0 Å². The summed E-state index contributed by atoms with van der Waals surface area (Å²) in [5, 5.41) is 9.20. The van der Waals surface area contributed by atoms with Gasteiger partial charge in [0.1, 0.15) is 5.82 Å². The van der Waals surface area contributed by atoms with Crippen LogP contribution in [0.25, 0.3) is 0 Å². The van der Waals surface area contributed by atoms with Crippen molar-refractivity contribution in [2.45, 2.75) is 36.5 Å². The van der Waals surface area contributed by atoms with Gasteiger partial charge >= 0.3 is 0 Å².